The maximum absolute atomic E-state index is 12.6. The molecule has 2 aliphatic rings. The maximum atomic E-state index is 12.6. The summed E-state index contributed by atoms with van der Waals surface area (Å²) < 4.78 is 43.2. The largest absolute Gasteiger partial charge is 0.498 e. The molecule has 0 bridgehead atoms. The molecule has 0 aromatic heterocycles. The number of alkyl halides is 3. The Labute approximate surface area is 112 Å². The lowest BCUT2D eigenvalue weighted by Gasteiger charge is -2.35. The van der Waals surface area contributed by atoms with E-state index in [9.17, 15) is 13.2 Å². The van der Waals surface area contributed by atoms with E-state index in [1.54, 1.807) is 0 Å². The van der Waals surface area contributed by atoms with Crippen LogP contribution in [-0.4, -0.2) is 37.3 Å². The van der Waals surface area contributed by atoms with Gasteiger partial charge in [0.15, 0.2) is 0 Å². The van der Waals surface area contributed by atoms with Crippen LogP contribution in [0.1, 0.15) is 32.6 Å². The van der Waals surface area contributed by atoms with Gasteiger partial charge >= 0.3 is 6.18 Å². The first-order valence-corrected chi connectivity index (χ1v) is 6.88. The summed E-state index contributed by atoms with van der Waals surface area (Å²) in [6, 6.07) is 0. The predicted octanol–water partition coefficient (Wildman–Crippen LogP) is 3.59. The fraction of sp³-hybridized carbons (Fsp3) is 0.857. The molecule has 19 heavy (non-hydrogen) atoms. The van der Waals surface area contributed by atoms with Crippen LogP contribution in [0.25, 0.3) is 0 Å². The Morgan fingerprint density at radius 1 is 1.32 bits per heavy atom. The summed E-state index contributed by atoms with van der Waals surface area (Å²) >= 11 is 0. The molecule has 1 saturated heterocycles. The van der Waals surface area contributed by atoms with Crippen molar-refractivity contribution in [1.82, 2.24) is 4.90 Å². The number of piperidine rings is 1. The van der Waals surface area contributed by atoms with Crippen LogP contribution in [0.4, 0.5) is 13.2 Å². The van der Waals surface area contributed by atoms with Gasteiger partial charge in [0.1, 0.15) is 0 Å². The van der Waals surface area contributed by atoms with Crippen molar-refractivity contribution in [1.29, 1.82) is 0 Å². The predicted molar refractivity (Wildman–Crippen MR) is 67.7 cm³/mol. The molecule has 1 aliphatic carbocycles. The normalized spacial score (nSPS) is 24.2. The van der Waals surface area contributed by atoms with E-state index in [0.29, 0.717) is 25.5 Å². The summed E-state index contributed by atoms with van der Waals surface area (Å²) in [4.78, 5) is 2.16. The van der Waals surface area contributed by atoms with Crippen molar-refractivity contribution in [3.63, 3.8) is 0 Å². The molecule has 1 aliphatic heterocycles. The van der Waals surface area contributed by atoms with Crippen LogP contribution >= 0.6 is 0 Å². The van der Waals surface area contributed by atoms with Gasteiger partial charge in [-0.15, -0.1) is 0 Å². The van der Waals surface area contributed by atoms with Crippen molar-refractivity contribution in [2.75, 3.05) is 26.2 Å². The van der Waals surface area contributed by atoms with Crippen LogP contribution < -0.4 is 0 Å². The molecule has 0 N–H and O–H groups in total. The zero-order valence-corrected chi connectivity index (χ0v) is 11.4. The van der Waals surface area contributed by atoms with Gasteiger partial charge in [0, 0.05) is 12.0 Å². The second-order valence-electron chi connectivity index (χ2n) is 6.08. The standard InChI is InChI=1S/C14H22F3NO/c1-11(2)19-10-13(5-6-13)9-18-7-3-12(4-8-18)14(15,16)17/h12H,1,3-10H2,2H3. The van der Waals surface area contributed by atoms with E-state index in [4.69, 9.17) is 4.74 Å². The second kappa shape index (κ2) is 5.35. The highest BCUT2D eigenvalue weighted by molar-refractivity contribution is 4.97. The third-order valence-electron chi connectivity index (χ3n) is 4.19. The van der Waals surface area contributed by atoms with Crippen LogP contribution in [0.2, 0.25) is 0 Å². The number of rotatable bonds is 5. The minimum Gasteiger partial charge on any atom is -0.498 e. The van der Waals surface area contributed by atoms with Gasteiger partial charge in [-0.1, -0.05) is 6.58 Å². The summed E-state index contributed by atoms with van der Waals surface area (Å²) in [6.45, 7) is 8.16. The van der Waals surface area contributed by atoms with E-state index in [1.807, 2.05) is 6.92 Å². The summed E-state index contributed by atoms with van der Waals surface area (Å²) in [7, 11) is 0. The fourth-order valence-electron chi connectivity index (χ4n) is 2.69. The van der Waals surface area contributed by atoms with Crippen molar-refractivity contribution in [2.45, 2.75) is 38.8 Å². The molecule has 1 saturated carbocycles. The summed E-state index contributed by atoms with van der Waals surface area (Å²) in [5, 5.41) is 0. The van der Waals surface area contributed by atoms with Gasteiger partial charge in [-0.3, -0.25) is 0 Å². The number of ether oxygens (including phenoxy) is 1. The Balaban J connectivity index is 1.75. The van der Waals surface area contributed by atoms with Crippen molar-refractivity contribution in [3.8, 4) is 0 Å². The van der Waals surface area contributed by atoms with Crippen LogP contribution in [0, 0.1) is 11.3 Å². The molecule has 0 unspecified atom stereocenters. The molecule has 2 rings (SSSR count). The average Bonchev–Trinajstić information content (AvgIpc) is 3.06. The van der Waals surface area contributed by atoms with Crippen molar-refractivity contribution in [2.24, 2.45) is 11.3 Å². The molecule has 110 valence electrons. The molecule has 2 nitrogen and oxygen atoms in total. The molecule has 5 heteroatoms. The number of nitrogens with zero attached hydrogens (tertiary/aromatic N) is 1. The number of allylic oxidation sites excluding steroid dienone is 1. The van der Waals surface area contributed by atoms with E-state index in [0.717, 1.165) is 19.4 Å². The van der Waals surface area contributed by atoms with E-state index in [-0.39, 0.29) is 18.3 Å². The molecule has 0 aromatic rings. The first kappa shape index (κ1) is 14.7. The Morgan fingerprint density at radius 3 is 2.32 bits per heavy atom. The summed E-state index contributed by atoms with van der Waals surface area (Å²) in [5.74, 6) is -0.396. The Hall–Kier alpha value is -0.710. The van der Waals surface area contributed by atoms with Gasteiger partial charge < -0.3 is 9.64 Å². The minimum atomic E-state index is -4.02. The van der Waals surface area contributed by atoms with Gasteiger partial charge in [0.25, 0.3) is 0 Å². The van der Waals surface area contributed by atoms with Crippen molar-refractivity contribution in [3.05, 3.63) is 12.3 Å². The molecule has 1 heterocycles. The van der Waals surface area contributed by atoms with Crippen molar-refractivity contribution < 1.29 is 17.9 Å². The lowest BCUT2D eigenvalue weighted by atomic mass is 9.95. The first-order valence-electron chi connectivity index (χ1n) is 6.88. The lowest BCUT2D eigenvalue weighted by molar-refractivity contribution is -0.185. The third-order valence-corrected chi connectivity index (χ3v) is 4.19. The lowest BCUT2D eigenvalue weighted by Crippen LogP contribution is -2.42. The zero-order chi connectivity index (χ0) is 14.1. The molecule has 2 fully saturated rings. The smallest absolute Gasteiger partial charge is 0.391 e. The monoisotopic (exact) mass is 277 g/mol. The summed E-state index contributed by atoms with van der Waals surface area (Å²) in [5.41, 5.74) is 0.171. The highest BCUT2D eigenvalue weighted by atomic mass is 19.4. The maximum Gasteiger partial charge on any atom is 0.391 e. The van der Waals surface area contributed by atoms with E-state index in [1.165, 1.54) is 0 Å². The molecule has 0 aromatic carbocycles. The highest BCUT2D eigenvalue weighted by Gasteiger charge is 2.47. The third kappa shape index (κ3) is 4.13. The van der Waals surface area contributed by atoms with Gasteiger partial charge in [0.05, 0.1) is 18.3 Å². The molecule has 0 radical (unpaired) electrons. The van der Waals surface area contributed by atoms with Gasteiger partial charge in [0.2, 0.25) is 0 Å². The Morgan fingerprint density at radius 2 is 1.89 bits per heavy atom. The van der Waals surface area contributed by atoms with Crippen LogP contribution in [0.15, 0.2) is 12.3 Å². The number of halogens is 3. The molecule has 0 spiro atoms. The Bertz CT molecular complexity index is 328. The van der Waals surface area contributed by atoms with Crippen LogP contribution in [-0.2, 0) is 4.74 Å². The van der Waals surface area contributed by atoms with E-state index >= 15 is 0 Å². The quantitative estimate of drug-likeness (QED) is 0.712. The molecular formula is C14H22F3NO. The topological polar surface area (TPSA) is 12.5 Å². The van der Waals surface area contributed by atoms with Crippen molar-refractivity contribution >= 4 is 0 Å². The second-order valence-corrected chi connectivity index (χ2v) is 6.08. The molecule has 0 atom stereocenters. The number of hydrogen-bond acceptors (Lipinski definition) is 2. The fourth-order valence-corrected chi connectivity index (χ4v) is 2.69. The van der Waals surface area contributed by atoms with Crippen LogP contribution in [0.5, 0.6) is 0 Å². The molecular weight excluding hydrogens is 255 g/mol. The Kier molecular flexibility index (Phi) is 4.14. The summed E-state index contributed by atoms with van der Waals surface area (Å²) in [6.07, 6.45) is -1.33. The van der Waals surface area contributed by atoms with Crippen LogP contribution in [0.3, 0.4) is 0 Å². The van der Waals surface area contributed by atoms with E-state index in [2.05, 4.69) is 11.5 Å². The minimum absolute atomic E-state index is 0.171. The highest BCUT2D eigenvalue weighted by Crippen LogP contribution is 2.47. The first-order chi connectivity index (χ1) is 8.81. The van der Waals surface area contributed by atoms with E-state index < -0.39 is 12.1 Å². The van der Waals surface area contributed by atoms with Gasteiger partial charge in [-0.2, -0.15) is 13.2 Å². The number of likely N-dealkylation sites (tertiary alicyclic amines) is 1. The number of hydrogen-bond donors (Lipinski definition) is 0. The average molecular weight is 277 g/mol. The molecule has 0 amide bonds. The van der Waals surface area contributed by atoms with Gasteiger partial charge in [-0.05, 0) is 45.7 Å². The SMILES string of the molecule is C=C(C)OCC1(CN2CCC(C(F)(F)F)CC2)CC1. The zero-order valence-electron chi connectivity index (χ0n) is 11.4. The van der Waals surface area contributed by atoms with Gasteiger partial charge in [-0.25, -0.2) is 0 Å².